The smallest absolute Gasteiger partial charge is 0.239 e. The quantitative estimate of drug-likeness (QED) is 0.549. The normalized spacial score (nSPS) is 10.4. The maximum atomic E-state index is 5.38. The molecular weight excluding hydrogens is 226 g/mol. The van der Waals surface area contributed by atoms with E-state index in [-0.39, 0.29) is 0 Å². The fourth-order valence-corrected chi connectivity index (χ4v) is 1.84. The number of rotatable bonds is 8. The Morgan fingerprint density at radius 1 is 1.22 bits per heavy atom. The van der Waals surface area contributed by atoms with E-state index in [9.17, 15) is 0 Å². The standard InChI is InChI=1S/C13H25N5/c1-4-6-8-18(9-7-5-2)12-11(3)10-15-13(16-12)17-14/h10H,4-9,14H2,1-3H3,(H,15,16,17). The number of aromatic nitrogens is 2. The minimum Gasteiger partial charge on any atom is -0.356 e. The molecule has 18 heavy (non-hydrogen) atoms. The van der Waals surface area contributed by atoms with Gasteiger partial charge < -0.3 is 4.90 Å². The van der Waals surface area contributed by atoms with E-state index in [4.69, 9.17) is 5.84 Å². The molecule has 1 aromatic heterocycles. The number of nitrogens with two attached hydrogens (primary N) is 1. The molecule has 102 valence electrons. The lowest BCUT2D eigenvalue weighted by Crippen LogP contribution is -2.28. The molecule has 5 heteroatoms. The van der Waals surface area contributed by atoms with Gasteiger partial charge in [0.25, 0.3) is 0 Å². The van der Waals surface area contributed by atoms with E-state index < -0.39 is 0 Å². The third kappa shape index (κ3) is 4.14. The molecule has 0 saturated heterocycles. The third-order valence-electron chi connectivity index (χ3n) is 2.94. The second-order valence-electron chi connectivity index (χ2n) is 4.54. The number of nitrogens with zero attached hydrogens (tertiary/aromatic N) is 3. The topological polar surface area (TPSA) is 67.1 Å². The Morgan fingerprint density at radius 2 is 1.83 bits per heavy atom. The first-order chi connectivity index (χ1) is 8.72. The van der Waals surface area contributed by atoms with Crippen LogP contribution in [0.1, 0.15) is 45.1 Å². The predicted octanol–water partition coefficient (Wildman–Crippen LogP) is 2.48. The molecule has 1 aromatic rings. The molecular formula is C13H25N5. The Labute approximate surface area is 110 Å². The van der Waals surface area contributed by atoms with Crippen LogP contribution < -0.4 is 16.2 Å². The molecule has 0 fully saturated rings. The summed E-state index contributed by atoms with van der Waals surface area (Å²) in [6.45, 7) is 8.53. The van der Waals surface area contributed by atoms with Crippen LogP contribution in [-0.2, 0) is 0 Å². The zero-order chi connectivity index (χ0) is 13.4. The van der Waals surface area contributed by atoms with Gasteiger partial charge in [0.1, 0.15) is 5.82 Å². The van der Waals surface area contributed by atoms with Gasteiger partial charge in [-0.1, -0.05) is 26.7 Å². The van der Waals surface area contributed by atoms with E-state index in [1.807, 2.05) is 13.1 Å². The number of nitrogens with one attached hydrogen (secondary N) is 1. The number of anilines is 2. The Morgan fingerprint density at radius 3 is 2.33 bits per heavy atom. The summed E-state index contributed by atoms with van der Waals surface area (Å²) in [5.74, 6) is 6.86. The maximum absolute atomic E-state index is 5.38. The van der Waals surface area contributed by atoms with Gasteiger partial charge in [-0.25, -0.2) is 10.8 Å². The molecule has 0 aliphatic carbocycles. The first kappa shape index (κ1) is 14.7. The lowest BCUT2D eigenvalue weighted by molar-refractivity contribution is 0.669. The Balaban J connectivity index is 2.87. The molecule has 0 atom stereocenters. The van der Waals surface area contributed by atoms with Crippen molar-refractivity contribution < 1.29 is 0 Å². The van der Waals surface area contributed by atoms with Gasteiger partial charge in [0.05, 0.1) is 0 Å². The molecule has 0 unspecified atom stereocenters. The minimum atomic E-state index is 0.480. The van der Waals surface area contributed by atoms with E-state index in [1.165, 1.54) is 25.7 Å². The van der Waals surface area contributed by atoms with Crippen molar-refractivity contribution in [2.45, 2.75) is 46.5 Å². The number of nitrogen functional groups attached to an aromatic ring is 1. The molecule has 5 nitrogen and oxygen atoms in total. The van der Waals surface area contributed by atoms with Crippen LogP contribution in [0.2, 0.25) is 0 Å². The van der Waals surface area contributed by atoms with Gasteiger partial charge >= 0.3 is 0 Å². The van der Waals surface area contributed by atoms with Gasteiger partial charge in [-0.2, -0.15) is 4.98 Å². The number of hydrogen-bond acceptors (Lipinski definition) is 5. The van der Waals surface area contributed by atoms with E-state index >= 15 is 0 Å². The van der Waals surface area contributed by atoms with Crippen molar-refractivity contribution in [3.05, 3.63) is 11.8 Å². The molecule has 0 spiro atoms. The molecule has 3 N–H and O–H groups in total. The molecule has 0 amide bonds. The van der Waals surface area contributed by atoms with Gasteiger partial charge in [-0.15, -0.1) is 0 Å². The van der Waals surface area contributed by atoms with Crippen molar-refractivity contribution >= 4 is 11.8 Å². The maximum Gasteiger partial charge on any atom is 0.239 e. The summed E-state index contributed by atoms with van der Waals surface area (Å²) in [5, 5.41) is 0. The Bertz CT molecular complexity index is 345. The van der Waals surface area contributed by atoms with E-state index in [2.05, 4.69) is 34.1 Å². The lowest BCUT2D eigenvalue weighted by atomic mass is 10.2. The first-order valence-electron chi connectivity index (χ1n) is 6.78. The molecule has 0 saturated carbocycles. The molecule has 0 aliphatic rings. The molecule has 0 aliphatic heterocycles. The van der Waals surface area contributed by atoms with Crippen LogP contribution in [0.15, 0.2) is 6.20 Å². The van der Waals surface area contributed by atoms with Crippen LogP contribution in [-0.4, -0.2) is 23.1 Å². The van der Waals surface area contributed by atoms with Crippen molar-refractivity contribution in [2.24, 2.45) is 5.84 Å². The van der Waals surface area contributed by atoms with Crippen molar-refractivity contribution in [3.8, 4) is 0 Å². The fourth-order valence-electron chi connectivity index (χ4n) is 1.84. The van der Waals surface area contributed by atoms with Crippen LogP contribution in [0, 0.1) is 6.92 Å². The summed E-state index contributed by atoms with van der Waals surface area (Å²) in [7, 11) is 0. The van der Waals surface area contributed by atoms with Crippen molar-refractivity contribution in [1.82, 2.24) is 9.97 Å². The average Bonchev–Trinajstić information content (AvgIpc) is 2.40. The fraction of sp³-hybridized carbons (Fsp3) is 0.692. The summed E-state index contributed by atoms with van der Waals surface area (Å²) in [6.07, 6.45) is 6.56. The van der Waals surface area contributed by atoms with Crippen LogP contribution in [0.4, 0.5) is 11.8 Å². The van der Waals surface area contributed by atoms with E-state index in [0.717, 1.165) is 24.5 Å². The van der Waals surface area contributed by atoms with Gasteiger partial charge in [0.2, 0.25) is 5.95 Å². The van der Waals surface area contributed by atoms with Crippen molar-refractivity contribution in [2.75, 3.05) is 23.4 Å². The van der Waals surface area contributed by atoms with Gasteiger partial charge in [0.15, 0.2) is 0 Å². The summed E-state index contributed by atoms with van der Waals surface area (Å²) in [6, 6.07) is 0. The highest BCUT2D eigenvalue weighted by molar-refractivity contribution is 5.48. The van der Waals surface area contributed by atoms with Crippen LogP contribution in [0.3, 0.4) is 0 Å². The molecule has 0 radical (unpaired) electrons. The third-order valence-corrected chi connectivity index (χ3v) is 2.94. The van der Waals surface area contributed by atoms with Gasteiger partial charge in [0, 0.05) is 24.8 Å². The van der Waals surface area contributed by atoms with Crippen LogP contribution in [0.25, 0.3) is 0 Å². The van der Waals surface area contributed by atoms with Crippen LogP contribution >= 0.6 is 0 Å². The SMILES string of the molecule is CCCCN(CCCC)c1nc(NN)ncc1C. The van der Waals surface area contributed by atoms with Gasteiger partial charge in [-0.05, 0) is 19.8 Å². The Hall–Kier alpha value is -1.36. The second kappa shape index (κ2) is 7.87. The van der Waals surface area contributed by atoms with E-state index in [1.54, 1.807) is 0 Å². The minimum absolute atomic E-state index is 0.480. The molecule has 0 bridgehead atoms. The number of unbranched alkanes of at least 4 members (excludes halogenated alkanes) is 2. The molecule has 0 aromatic carbocycles. The van der Waals surface area contributed by atoms with E-state index in [0.29, 0.717) is 5.95 Å². The second-order valence-corrected chi connectivity index (χ2v) is 4.54. The summed E-state index contributed by atoms with van der Waals surface area (Å²) in [5.41, 5.74) is 3.61. The lowest BCUT2D eigenvalue weighted by Gasteiger charge is -2.25. The summed E-state index contributed by atoms with van der Waals surface area (Å²) in [4.78, 5) is 10.9. The average molecular weight is 251 g/mol. The zero-order valence-corrected chi connectivity index (χ0v) is 11.7. The zero-order valence-electron chi connectivity index (χ0n) is 11.7. The van der Waals surface area contributed by atoms with Gasteiger partial charge in [-0.3, -0.25) is 5.43 Å². The Kier molecular flexibility index (Phi) is 6.43. The number of aryl methyl sites for hydroxylation is 1. The summed E-state index contributed by atoms with van der Waals surface area (Å²) < 4.78 is 0. The van der Waals surface area contributed by atoms with Crippen molar-refractivity contribution in [1.29, 1.82) is 0 Å². The predicted molar refractivity (Wildman–Crippen MR) is 76.6 cm³/mol. The molecule has 1 rings (SSSR count). The number of hydrazine groups is 1. The monoisotopic (exact) mass is 251 g/mol. The highest BCUT2D eigenvalue weighted by atomic mass is 15.3. The molecule has 1 heterocycles. The first-order valence-corrected chi connectivity index (χ1v) is 6.78. The summed E-state index contributed by atoms with van der Waals surface area (Å²) >= 11 is 0. The highest BCUT2D eigenvalue weighted by Crippen LogP contribution is 2.19. The largest absolute Gasteiger partial charge is 0.356 e. The number of hydrogen-bond donors (Lipinski definition) is 2. The van der Waals surface area contributed by atoms with Crippen molar-refractivity contribution in [3.63, 3.8) is 0 Å². The highest BCUT2D eigenvalue weighted by Gasteiger charge is 2.11. The van der Waals surface area contributed by atoms with Crippen LogP contribution in [0.5, 0.6) is 0 Å².